The summed E-state index contributed by atoms with van der Waals surface area (Å²) in [5.74, 6) is 0.598. The van der Waals surface area contributed by atoms with Crippen molar-refractivity contribution in [1.29, 1.82) is 0 Å². The van der Waals surface area contributed by atoms with Crippen molar-refractivity contribution in [2.45, 2.75) is 13.5 Å². The van der Waals surface area contributed by atoms with E-state index in [1.807, 2.05) is 48.1 Å². The van der Waals surface area contributed by atoms with Gasteiger partial charge in [0.25, 0.3) is 5.91 Å². The molecule has 27 heavy (non-hydrogen) atoms. The zero-order chi connectivity index (χ0) is 19.0. The molecule has 0 aliphatic carbocycles. The molecule has 0 bridgehead atoms. The fourth-order valence-electron chi connectivity index (χ4n) is 2.86. The first-order valence-corrected chi connectivity index (χ1v) is 8.39. The van der Waals surface area contributed by atoms with Crippen molar-refractivity contribution < 1.29 is 9.53 Å². The van der Waals surface area contributed by atoms with Crippen LogP contribution in [0.1, 0.15) is 22.0 Å². The Bertz CT molecular complexity index is 1130. The van der Waals surface area contributed by atoms with E-state index in [4.69, 9.17) is 10.5 Å². The molecule has 0 atom stereocenters. The molecule has 0 spiro atoms. The number of aromatic nitrogens is 5. The lowest BCUT2D eigenvalue weighted by molar-refractivity contribution is 0.0995. The van der Waals surface area contributed by atoms with Gasteiger partial charge in [-0.2, -0.15) is 0 Å². The zero-order valence-electron chi connectivity index (χ0n) is 15.0. The monoisotopic (exact) mass is 362 g/mol. The number of rotatable bonds is 5. The molecule has 3 aromatic heterocycles. The number of benzene rings is 1. The van der Waals surface area contributed by atoms with Crippen molar-refractivity contribution in [1.82, 2.24) is 24.1 Å². The van der Waals surface area contributed by atoms with E-state index >= 15 is 0 Å². The second kappa shape index (κ2) is 6.56. The van der Waals surface area contributed by atoms with E-state index < -0.39 is 5.91 Å². The molecule has 136 valence electrons. The number of carbonyl (C=O) groups is 1. The van der Waals surface area contributed by atoms with Crippen LogP contribution < -0.4 is 10.5 Å². The number of imidazole rings is 2. The number of aryl methyl sites for hydroxylation is 2. The van der Waals surface area contributed by atoms with Gasteiger partial charge in [-0.1, -0.05) is 30.3 Å². The van der Waals surface area contributed by atoms with E-state index in [0.717, 1.165) is 17.1 Å². The van der Waals surface area contributed by atoms with E-state index in [1.165, 1.54) is 0 Å². The van der Waals surface area contributed by atoms with Crippen molar-refractivity contribution in [3.05, 3.63) is 65.9 Å². The molecule has 4 aromatic rings. The third-order valence-electron chi connectivity index (χ3n) is 4.30. The van der Waals surface area contributed by atoms with Crippen LogP contribution in [0.4, 0.5) is 0 Å². The minimum absolute atomic E-state index is 0.205. The number of ether oxygens (including phenoxy) is 1. The van der Waals surface area contributed by atoms with Gasteiger partial charge in [0, 0.05) is 24.9 Å². The van der Waals surface area contributed by atoms with Gasteiger partial charge in [-0.05, 0) is 13.0 Å². The fraction of sp³-hybridized carbons (Fsp3) is 0.158. The lowest BCUT2D eigenvalue weighted by Crippen LogP contribution is -2.13. The molecule has 2 N–H and O–H groups in total. The summed E-state index contributed by atoms with van der Waals surface area (Å²) in [7, 11) is 1.92. The summed E-state index contributed by atoms with van der Waals surface area (Å²) in [6.07, 6.45) is 1.96. The number of nitrogens with zero attached hydrogens (tertiary/aromatic N) is 5. The second-order valence-electron chi connectivity index (χ2n) is 6.16. The molecule has 0 fully saturated rings. The van der Waals surface area contributed by atoms with E-state index in [9.17, 15) is 4.79 Å². The van der Waals surface area contributed by atoms with Gasteiger partial charge in [0.05, 0.1) is 11.4 Å². The summed E-state index contributed by atoms with van der Waals surface area (Å²) in [5, 5.41) is 4.37. The maximum absolute atomic E-state index is 11.4. The summed E-state index contributed by atoms with van der Waals surface area (Å²) >= 11 is 0. The molecule has 8 heteroatoms. The van der Waals surface area contributed by atoms with E-state index in [2.05, 4.69) is 15.1 Å². The van der Waals surface area contributed by atoms with Crippen LogP contribution in [0.3, 0.4) is 0 Å². The molecule has 1 aromatic carbocycles. The standard InChI is InChI=1S/C19H18N6O2/c1-12-18(19(20)26)22-15-8-9-17(23-25(12)15)27-11-16-21-14(10-24(16)2)13-6-4-3-5-7-13/h3-10H,11H2,1-2H3,(H2,20,26). The van der Waals surface area contributed by atoms with Crippen LogP contribution in [-0.2, 0) is 13.7 Å². The maximum Gasteiger partial charge on any atom is 0.269 e. The topological polar surface area (TPSA) is 100 Å². The van der Waals surface area contributed by atoms with E-state index in [1.54, 1.807) is 23.6 Å². The van der Waals surface area contributed by atoms with Gasteiger partial charge in [0.15, 0.2) is 11.3 Å². The molecule has 0 aliphatic rings. The minimum atomic E-state index is -0.582. The SMILES string of the molecule is Cc1c(C(N)=O)nc2ccc(OCc3nc(-c4ccccc4)cn3C)nn12. The Morgan fingerprint density at radius 2 is 1.93 bits per heavy atom. The molecule has 1 amide bonds. The number of carbonyl (C=O) groups excluding carboxylic acids is 1. The highest BCUT2D eigenvalue weighted by molar-refractivity contribution is 5.92. The van der Waals surface area contributed by atoms with Crippen molar-refractivity contribution in [3.63, 3.8) is 0 Å². The van der Waals surface area contributed by atoms with E-state index in [-0.39, 0.29) is 12.3 Å². The Morgan fingerprint density at radius 1 is 1.15 bits per heavy atom. The van der Waals surface area contributed by atoms with Gasteiger partial charge in [0.2, 0.25) is 5.88 Å². The molecule has 0 aliphatic heterocycles. The molecule has 4 rings (SSSR count). The smallest absolute Gasteiger partial charge is 0.269 e. The maximum atomic E-state index is 11.4. The Hall–Kier alpha value is -3.68. The summed E-state index contributed by atoms with van der Waals surface area (Å²) < 4.78 is 9.27. The molecular formula is C19H18N6O2. The summed E-state index contributed by atoms with van der Waals surface area (Å²) in [4.78, 5) is 20.2. The van der Waals surface area contributed by atoms with Crippen LogP contribution in [-0.4, -0.2) is 30.1 Å². The Balaban J connectivity index is 1.56. The zero-order valence-corrected chi connectivity index (χ0v) is 15.0. The molecule has 0 unspecified atom stereocenters. The number of nitrogens with two attached hydrogens (primary N) is 1. The number of primary amides is 1. The van der Waals surface area contributed by atoms with E-state index in [0.29, 0.717) is 17.2 Å². The van der Waals surface area contributed by atoms with Crippen molar-refractivity contribution in [2.24, 2.45) is 12.8 Å². The fourth-order valence-corrected chi connectivity index (χ4v) is 2.86. The van der Waals surface area contributed by atoms with Crippen molar-refractivity contribution in [3.8, 4) is 17.1 Å². The van der Waals surface area contributed by atoms with Crippen molar-refractivity contribution >= 4 is 11.6 Å². The summed E-state index contributed by atoms with van der Waals surface area (Å²) in [6, 6.07) is 13.4. The minimum Gasteiger partial charge on any atom is -0.468 e. The highest BCUT2D eigenvalue weighted by atomic mass is 16.5. The highest BCUT2D eigenvalue weighted by Crippen LogP contribution is 2.19. The first-order valence-electron chi connectivity index (χ1n) is 8.39. The molecule has 3 heterocycles. The molecular weight excluding hydrogens is 344 g/mol. The van der Waals surface area contributed by atoms with Crippen LogP contribution in [0.5, 0.6) is 5.88 Å². The average molecular weight is 362 g/mol. The average Bonchev–Trinajstić information content (AvgIpc) is 3.21. The van der Waals surface area contributed by atoms with Crippen LogP contribution in [0.15, 0.2) is 48.7 Å². The lowest BCUT2D eigenvalue weighted by Gasteiger charge is -2.05. The Labute approximate surface area is 155 Å². The number of amides is 1. The quantitative estimate of drug-likeness (QED) is 0.586. The largest absolute Gasteiger partial charge is 0.468 e. The van der Waals surface area contributed by atoms with Crippen LogP contribution in [0, 0.1) is 6.92 Å². The van der Waals surface area contributed by atoms with Gasteiger partial charge >= 0.3 is 0 Å². The number of hydrogen-bond acceptors (Lipinski definition) is 5. The van der Waals surface area contributed by atoms with Crippen molar-refractivity contribution in [2.75, 3.05) is 0 Å². The predicted octanol–water partition coefficient (Wildman–Crippen LogP) is 2.12. The predicted molar refractivity (Wildman–Crippen MR) is 99.2 cm³/mol. The molecule has 0 saturated heterocycles. The molecule has 8 nitrogen and oxygen atoms in total. The number of hydrogen-bond donors (Lipinski definition) is 1. The van der Waals surface area contributed by atoms with Crippen LogP contribution in [0.2, 0.25) is 0 Å². The van der Waals surface area contributed by atoms with Gasteiger partial charge in [0.1, 0.15) is 12.4 Å². The first kappa shape index (κ1) is 16.8. The second-order valence-corrected chi connectivity index (χ2v) is 6.16. The Morgan fingerprint density at radius 3 is 2.67 bits per heavy atom. The van der Waals surface area contributed by atoms with Gasteiger partial charge in [-0.25, -0.2) is 14.5 Å². The lowest BCUT2D eigenvalue weighted by atomic mass is 10.2. The third-order valence-corrected chi connectivity index (χ3v) is 4.30. The van der Waals surface area contributed by atoms with Crippen LogP contribution in [0.25, 0.3) is 16.9 Å². The molecule has 0 radical (unpaired) electrons. The summed E-state index contributed by atoms with van der Waals surface area (Å²) in [5.41, 5.74) is 8.59. The molecule has 0 saturated carbocycles. The van der Waals surface area contributed by atoms with Gasteiger partial charge in [-0.3, -0.25) is 4.79 Å². The third kappa shape index (κ3) is 3.12. The summed E-state index contributed by atoms with van der Waals surface area (Å²) in [6.45, 7) is 2.00. The number of fused-ring (bicyclic) bond motifs is 1. The Kier molecular flexibility index (Phi) is 4.08. The van der Waals surface area contributed by atoms with Gasteiger partial charge in [-0.15, -0.1) is 5.10 Å². The first-order chi connectivity index (χ1) is 13.0. The van der Waals surface area contributed by atoms with Gasteiger partial charge < -0.3 is 15.0 Å². The normalized spacial score (nSPS) is 11.0. The van der Waals surface area contributed by atoms with Crippen LogP contribution >= 0.6 is 0 Å². The highest BCUT2D eigenvalue weighted by Gasteiger charge is 2.15.